The highest BCUT2D eigenvalue weighted by Crippen LogP contribution is 2.23. The molecule has 10 heteroatoms. The van der Waals surface area contributed by atoms with Gasteiger partial charge < -0.3 is 15.0 Å². The summed E-state index contributed by atoms with van der Waals surface area (Å²) in [5.74, 6) is 0.267. The normalized spacial score (nSPS) is 14.9. The number of anilines is 1. The summed E-state index contributed by atoms with van der Waals surface area (Å²) in [6.45, 7) is 2.09. The van der Waals surface area contributed by atoms with E-state index in [1.165, 1.54) is 10.7 Å². The number of hydrogen-bond donors (Lipinski definition) is 1. The first-order valence-corrected chi connectivity index (χ1v) is 15.3. The van der Waals surface area contributed by atoms with Gasteiger partial charge in [0.15, 0.2) is 0 Å². The average molecular weight is 564 g/mol. The van der Waals surface area contributed by atoms with Crippen LogP contribution in [0.3, 0.4) is 0 Å². The molecule has 38 heavy (non-hydrogen) atoms. The Morgan fingerprint density at radius 1 is 1.11 bits per heavy atom. The van der Waals surface area contributed by atoms with E-state index >= 15 is 0 Å². The second kappa shape index (κ2) is 13.8. The number of nitrogens with one attached hydrogen (secondary N) is 1. The maximum absolute atomic E-state index is 13.5. The summed E-state index contributed by atoms with van der Waals surface area (Å²) in [6, 6.07) is 13.5. The van der Waals surface area contributed by atoms with Gasteiger partial charge in [0, 0.05) is 30.6 Å². The summed E-state index contributed by atoms with van der Waals surface area (Å²) in [5.41, 5.74) is 1.28. The second-order valence-electron chi connectivity index (χ2n) is 9.81. The predicted octanol–water partition coefficient (Wildman–Crippen LogP) is 4.76. The molecule has 0 saturated heterocycles. The van der Waals surface area contributed by atoms with E-state index in [0.717, 1.165) is 37.5 Å². The minimum absolute atomic E-state index is 0.0810. The van der Waals surface area contributed by atoms with Crippen molar-refractivity contribution in [1.29, 1.82) is 0 Å². The van der Waals surface area contributed by atoms with Crippen LogP contribution >= 0.6 is 11.6 Å². The Morgan fingerprint density at radius 2 is 1.82 bits per heavy atom. The van der Waals surface area contributed by atoms with E-state index in [1.54, 1.807) is 43.2 Å². The maximum Gasteiger partial charge on any atom is 0.242 e. The van der Waals surface area contributed by atoms with E-state index in [9.17, 15) is 18.0 Å². The molecule has 1 saturated carbocycles. The van der Waals surface area contributed by atoms with Crippen LogP contribution in [0.5, 0.6) is 5.75 Å². The van der Waals surface area contributed by atoms with Crippen LogP contribution in [0, 0.1) is 0 Å². The monoisotopic (exact) mass is 563 g/mol. The molecular weight excluding hydrogens is 526 g/mol. The molecular formula is C28H38ClN3O5S. The van der Waals surface area contributed by atoms with Crippen LogP contribution in [0.1, 0.15) is 57.4 Å². The molecule has 2 aromatic carbocycles. The summed E-state index contributed by atoms with van der Waals surface area (Å²) >= 11 is 6.07. The van der Waals surface area contributed by atoms with Crippen LogP contribution < -0.4 is 14.4 Å². The largest absolute Gasteiger partial charge is 0.497 e. The smallest absolute Gasteiger partial charge is 0.242 e. The summed E-state index contributed by atoms with van der Waals surface area (Å²) in [7, 11) is -2.00. The quantitative estimate of drug-likeness (QED) is 0.401. The lowest BCUT2D eigenvalue weighted by atomic mass is 9.95. The molecule has 1 atom stereocenters. The fourth-order valence-electron chi connectivity index (χ4n) is 4.75. The molecule has 0 heterocycles. The molecule has 0 unspecified atom stereocenters. The molecule has 1 aliphatic rings. The number of carbonyl (C=O) groups is 2. The third-order valence-corrected chi connectivity index (χ3v) is 8.28. The molecule has 208 valence electrons. The van der Waals surface area contributed by atoms with Gasteiger partial charge in [-0.15, -0.1) is 0 Å². The summed E-state index contributed by atoms with van der Waals surface area (Å²) in [6.07, 6.45) is 6.76. The number of halogens is 1. The molecule has 8 nitrogen and oxygen atoms in total. The van der Waals surface area contributed by atoms with Crippen LogP contribution in [0.4, 0.5) is 5.69 Å². The zero-order valence-electron chi connectivity index (χ0n) is 22.4. The number of sulfonamides is 1. The number of ether oxygens (including phenoxy) is 1. The van der Waals surface area contributed by atoms with E-state index in [1.807, 2.05) is 24.3 Å². The molecule has 1 fully saturated rings. The van der Waals surface area contributed by atoms with Crippen molar-refractivity contribution in [1.82, 2.24) is 10.2 Å². The Balaban J connectivity index is 1.73. The van der Waals surface area contributed by atoms with E-state index < -0.39 is 16.1 Å². The average Bonchev–Trinajstić information content (AvgIpc) is 2.89. The fraction of sp³-hybridized carbons (Fsp3) is 0.500. The molecule has 0 aromatic heterocycles. The van der Waals surface area contributed by atoms with Gasteiger partial charge in [-0.2, -0.15) is 0 Å². The first-order valence-electron chi connectivity index (χ1n) is 13.0. The Hall–Kier alpha value is -2.78. The number of rotatable bonds is 12. The Morgan fingerprint density at radius 3 is 2.47 bits per heavy atom. The van der Waals surface area contributed by atoms with Gasteiger partial charge in [-0.25, -0.2) is 8.42 Å². The van der Waals surface area contributed by atoms with Crippen molar-refractivity contribution in [2.45, 2.75) is 70.5 Å². The number of benzene rings is 2. The van der Waals surface area contributed by atoms with Crippen LogP contribution in [0.2, 0.25) is 5.02 Å². The first-order chi connectivity index (χ1) is 18.1. The minimum atomic E-state index is -3.58. The number of nitrogens with zero attached hydrogens (tertiary/aromatic N) is 2. The standard InChI is InChI=1S/C28H38ClN3O5S/c1-21(28(34)30-24-12-5-4-6-13-24)31(20-22-10-7-15-26(18-22)37-2)27(33)16-9-17-32(38(3,35)36)25-14-8-11-23(29)19-25/h7-8,10-11,14-15,18-19,21,24H,4-6,9,12-13,16-17,20H2,1-3H3,(H,30,34)/t21-/m0/s1. The van der Waals surface area contributed by atoms with Crippen LogP contribution in [0.15, 0.2) is 48.5 Å². The minimum Gasteiger partial charge on any atom is -0.497 e. The maximum atomic E-state index is 13.5. The van der Waals surface area contributed by atoms with Crippen molar-refractivity contribution in [2.75, 3.05) is 24.2 Å². The molecule has 3 rings (SSSR count). The summed E-state index contributed by atoms with van der Waals surface area (Å²) < 4.78 is 31.5. The van der Waals surface area contributed by atoms with Gasteiger partial charge in [0.1, 0.15) is 11.8 Å². The zero-order valence-corrected chi connectivity index (χ0v) is 23.9. The van der Waals surface area contributed by atoms with Gasteiger partial charge in [-0.3, -0.25) is 13.9 Å². The van der Waals surface area contributed by atoms with Crippen molar-refractivity contribution >= 4 is 39.1 Å². The lowest BCUT2D eigenvalue weighted by Crippen LogP contribution is -2.50. The van der Waals surface area contributed by atoms with E-state index in [-0.39, 0.29) is 43.8 Å². The van der Waals surface area contributed by atoms with Crippen molar-refractivity contribution < 1.29 is 22.7 Å². The van der Waals surface area contributed by atoms with Gasteiger partial charge in [-0.05, 0) is 62.1 Å². The second-order valence-corrected chi connectivity index (χ2v) is 12.2. The number of amides is 2. The van der Waals surface area contributed by atoms with Gasteiger partial charge in [0.05, 0.1) is 19.1 Å². The van der Waals surface area contributed by atoms with Crippen LogP contribution in [-0.2, 0) is 26.2 Å². The van der Waals surface area contributed by atoms with Crippen LogP contribution in [-0.4, -0.2) is 57.1 Å². The van der Waals surface area contributed by atoms with Crippen molar-refractivity contribution in [2.24, 2.45) is 0 Å². The lowest BCUT2D eigenvalue weighted by molar-refractivity contribution is -0.141. The molecule has 1 N–H and O–H groups in total. The molecule has 0 radical (unpaired) electrons. The third-order valence-electron chi connectivity index (χ3n) is 6.85. The fourth-order valence-corrected chi connectivity index (χ4v) is 5.90. The number of methoxy groups -OCH3 is 1. The topological polar surface area (TPSA) is 96.0 Å². The number of carbonyl (C=O) groups excluding carboxylic acids is 2. The van der Waals surface area contributed by atoms with Gasteiger partial charge in [0.25, 0.3) is 0 Å². The number of hydrogen-bond acceptors (Lipinski definition) is 5. The van der Waals surface area contributed by atoms with E-state index in [4.69, 9.17) is 16.3 Å². The highest BCUT2D eigenvalue weighted by molar-refractivity contribution is 7.92. The Labute approximate surface area is 231 Å². The van der Waals surface area contributed by atoms with E-state index in [0.29, 0.717) is 16.5 Å². The summed E-state index contributed by atoms with van der Waals surface area (Å²) in [5, 5.41) is 3.55. The molecule has 1 aliphatic carbocycles. The van der Waals surface area contributed by atoms with E-state index in [2.05, 4.69) is 5.32 Å². The van der Waals surface area contributed by atoms with Gasteiger partial charge in [0.2, 0.25) is 21.8 Å². The van der Waals surface area contributed by atoms with Crippen LogP contribution in [0.25, 0.3) is 0 Å². The zero-order chi connectivity index (χ0) is 27.7. The highest BCUT2D eigenvalue weighted by atomic mass is 35.5. The molecule has 2 amide bonds. The Kier molecular flexibility index (Phi) is 10.8. The lowest BCUT2D eigenvalue weighted by Gasteiger charge is -2.31. The van der Waals surface area contributed by atoms with Crippen molar-refractivity contribution in [3.8, 4) is 5.75 Å². The van der Waals surface area contributed by atoms with Gasteiger partial charge in [-0.1, -0.05) is 49.1 Å². The van der Waals surface area contributed by atoms with Crippen molar-refractivity contribution in [3.63, 3.8) is 0 Å². The first kappa shape index (κ1) is 29.8. The Bertz CT molecular complexity index is 1200. The molecule has 0 bridgehead atoms. The highest BCUT2D eigenvalue weighted by Gasteiger charge is 2.28. The van der Waals surface area contributed by atoms with Gasteiger partial charge >= 0.3 is 0 Å². The molecule has 0 aliphatic heterocycles. The SMILES string of the molecule is COc1cccc(CN(C(=O)CCCN(c2cccc(Cl)c2)S(C)(=O)=O)[C@@H](C)C(=O)NC2CCCCC2)c1. The predicted molar refractivity (Wildman–Crippen MR) is 151 cm³/mol. The van der Waals surface area contributed by atoms with Crippen molar-refractivity contribution in [3.05, 3.63) is 59.1 Å². The molecule has 2 aromatic rings. The summed E-state index contributed by atoms with van der Waals surface area (Å²) in [4.78, 5) is 28.2. The molecule has 0 spiro atoms. The third kappa shape index (κ3) is 8.63.